The summed E-state index contributed by atoms with van der Waals surface area (Å²) in [7, 11) is 0. The van der Waals surface area contributed by atoms with Crippen LogP contribution in [0.15, 0.2) is 54.9 Å². The van der Waals surface area contributed by atoms with Gasteiger partial charge in [-0.05, 0) is 29.8 Å². The number of nitrogens with two attached hydrogens (primary N) is 1. The van der Waals surface area contributed by atoms with Gasteiger partial charge in [0.25, 0.3) is 5.91 Å². The van der Waals surface area contributed by atoms with Crippen molar-refractivity contribution in [3.05, 3.63) is 66.0 Å². The van der Waals surface area contributed by atoms with E-state index < -0.39 is 0 Å². The molecule has 1 aromatic heterocycles. The third-order valence-electron chi connectivity index (χ3n) is 3.19. The summed E-state index contributed by atoms with van der Waals surface area (Å²) >= 11 is 0. The monoisotopic (exact) mass is 278 g/mol. The molecule has 5 heteroatoms. The van der Waals surface area contributed by atoms with Crippen LogP contribution in [-0.4, -0.2) is 15.9 Å². The number of aromatic nitrogens is 2. The lowest BCUT2D eigenvalue weighted by Gasteiger charge is -2.07. The average molecular weight is 278 g/mol. The normalized spacial score (nSPS) is 10.5. The number of rotatable bonds is 3. The number of fused-ring (bicyclic) bond motifs is 1. The summed E-state index contributed by atoms with van der Waals surface area (Å²) in [6.07, 6.45) is 3.19. The molecule has 0 radical (unpaired) electrons. The van der Waals surface area contributed by atoms with Crippen LogP contribution in [0, 0.1) is 0 Å². The van der Waals surface area contributed by atoms with Crippen LogP contribution in [-0.2, 0) is 6.54 Å². The number of anilines is 1. The van der Waals surface area contributed by atoms with Gasteiger partial charge in [0.2, 0.25) is 0 Å². The average Bonchev–Trinajstić information content (AvgIpc) is 2.55. The van der Waals surface area contributed by atoms with Gasteiger partial charge >= 0.3 is 0 Å². The molecule has 3 aromatic rings. The number of nitrogens with zero attached hydrogens (tertiary/aromatic N) is 2. The maximum atomic E-state index is 12.4. The molecule has 21 heavy (non-hydrogen) atoms. The summed E-state index contributed by atoms with van der Waals surface area (Å²) in [5.41, 5.74) is 9.08. The molecule has 0 saturated carbocycles. The van der Waals surface area contributed by atoms with Gasteiger partial charge in [-0.25, -0.2) is 0 Å². The van der Waals surface area contributed by atoms with E-state index in [9.17, 15) is 4.79 Å². The van der Waals surface area contributed by atoms with Gasteiger partial charge in [-0.3, -0.25) is 14.8 Å². The number of hydrogen-bond donors (Lipinski definition) is 2. The first-order valence-electron chi connectivity index (χ1n) is 6.58. The Morgan fingerprint density at radius 2 is 1.81 bits per heavy atom. The summed E-state index contributed by atoms with van der Waals surface area (Å²) in [5, 5.41) is 2.85. The molecule has 5 nitrogen and oxygen atoms in total. The molecule has 0 aliphatic rings. The van der Waals surface area contributed by atoms with Gasteiger partial charge in [0.15, 0.2) is 0 Å². The Kier molecular flexibility index (Phi) is 3.57. The van der Waals surface area contributed by atoms with Gasteiger partial charge in [0, 0.05) is 24.6 Å². The smallest absolute Gasteiger partial charge is 0.257 e. The van der Waals surface area contributed by atoms with Crippen LogP contribution in [0.5, 0.6) is 0 Å². The molecule has 0 bridgehead atoms. The predicted molar refractivity (Wildman–Crippen MR) is 81.8 cm³/mol. The lowest BCUT2D eigenvalue weighted by atomic mass is 10.1. The molecule has 3 rings (SSSR count). The summed E-state index contributed by atoms with van der Waals surface area (Å²) in [6, 6.07) is 12.8. The number of nitrogens with one attached hydrogen (secondary N) is 1. The van der Waals surface area contributed by atoms with Gasteiger partial charge in [-0.15, -0.1) is 0 Å². The molecule has 1 heterocycles. The lowest BCUT2D eigenvalue weighted by Crippen LogP contribution is -2.13. The third kappa shape index (κ3) is 2.73. The van der Waals surface area contributed by atoms with Crippen molar-refractivity contribution in [3.63, 3.8) is 0 Å². The van der Waals surface area contributed by atoms with Crippen molar-refractivity contribution >= 4 is 22.6 Å². The lowest BCUT2D eigenvalue weighted by molar-refractivity contribution is 0.102. The zero-order chi connectivity index (χ0) is 14.7. The third-order valence-corrected chi connectivity index (χ3v) is 3.19. The molecule has 0 spiro atoms. The Bertz CT molecular complexity index is 778. The van der Waals surface area contributed by atoms with Crippen LogP contribution in [0.4, 0.5) is 5.69 Å². The minimum absolute atomic E-state index is 0.207. The molecule has 104 valence electrons. The van der Waals surface area contributed by atoms with Gasteiger partial charge in [-0.2, -0.15) is 0 Å². The van der Waals surface area contributed by atoms with Crippen molar-refractivity contribution in [1.29, 1.82) is 0 Å². The Hall–Kier alpha value is -2.79. The van der Waals surface area contributed by atoms with Crippen molar-refractivity contribution in [1.82, 2.24) is 9.97 Å². The molecule has 0 aliphatic heterocycles. The highest BCUT2D eigenvalue weighted by atomic mass is 16.1. The van der Waals surface area contributed by atoms with Gasteiger partial charge in [0.05, 0.1) is 11.1 Å². The number of para-hydroxylation sites is 1. The van der Waals surface area contributed by atoms with Crippen molar-refractivity contribution in [3.8, 4) is 0 Å². The minimum Gasteiger partial charge on any atom is -0.326 e. The largest absolute Gasteiger partial charge is 0.326 e. The Labute approximate surface area is 121 Å². The topological polar surface area (TPSA) is 80.9 Å². The van der Waals surface area contributed by atoms with E-state index in [0.717, 1.165) is 11.3 Å². The van der Waals surface area contributed by atoms with Crippen LogP contribution in [0.3, 0.4) is 0 Å². The second kappa shape index (κ2) is 5.68. The SMILES string of the molecule is NCc1ccc(NC(=O)c2cccc3nccnc23)cc1. The number of benzene rings is 2. The van der Waals surface area contributed by atoms with E-state index in [1.165, 1.54) is 0 Å². The molecule has 0 saturated heterocycles. The number of carbonyl (C=O) groups excluding carboxylic acids is 1. The van der Waals surface area contributed by atoms with E-state index in [1.807, 2.05) is 30.3 Å². The van der Waals surface area contributed by atoms with Crippen molar-refractivity contribution in [2.45, 2.75) is 6.54 Å². The maximum Gasteiger partial charge on any atom is 0.257 e. The number of amides is 1. The van der Waals surface area contributed by atoms with Crippen LogP contribution in [0.25, 0.3) is 11.0 Å². The molecule has 0 unspecified atom stereocenters. The highest BCUT2D eigenvalue weighted by molar-refractivity contribution is 6.11. The number of carbonyl (C=O) groups is 1. The molecule has 0 atom stereocenters. The summed E-state index contributed by atoms with van der Waals surface area (Å²) < 4.78 is 0. The van der Waals surface area contributed by atoms with E-state index >= 15 is 0 Å². The first kappa shape index (κ1) is 13.2. The molecule has 0 fully saturated rings. The van der Waals surface area contributed by atoms with Crippen LogP contribution in [0.2, 0.25) is 0 Å². The van der Waals surface area contributed by atoms with E-state index in [0.29, 0.717) is 23.1 Å². The predicted octanol–water partition coefficient (Wildman–Crippen LogP) is 2.34. The zero-order valence-corrected chi connectivity index (χ0v) is 11.3. The Morgan fingerprint density at radius 3 is 2.57 bits per heavy atom. The van der Waals surface area contributed by atoms with Crippen molar-refractivity contribution < 1.29 is 4.79 Å². The van der Waals surface area contributed by atoms with Gasteiger partial charge in [0.1, 0.15) is 5.52 Å². The molecular weight excluding hydrogens is 264 g/mol. The highest BCUT2D eigenvalue weighted by Crippen LogP contribution is 2.16. The Morgan fingerprint density at radius 1 is 1.05 bits per heavy atom. The first-order valence-corrected chi connectivity index (χ1v) is 6.58. The van der Waals surface area contributed by atoms with Crippen molar-refractivity contribution in [2.75, 3.05) is 5.32 Å². The van der Waals surface area contributed by atoms with E-state index in [-0.39, 0.29) is 5.91 Å². The quantitative estimate of drug-likeness (QED) is 0.770. The van der Waals surface area contributed by atoms with Crippen LogP contribution >= 0.6 is 0 Å². The minimum atomic E-state index is -0.207. The zero-order valence-electron chi connectivity index (χ0n) is 11.3. The van der Waals surface area contributed by atoms with Gasteiger partial charge < -0.3 is 11.1 Å². The first-order chi connectivity index (χ1) is 10.3. The second-order valence-corrected chi connectivity index (χ2v) is 4.58. The molecular formula is C16H14N4O. The van der Waals surface area contributed by atoms with Crippen molar-refractivity contribution in [2.24, 2.45) is 5.73 Å². The molecule has 3 N–H and O–H groups in total. The van der Waals surface area contributed by atoms with E-state index in [1.54, 1.807) is 24.5 Å². The summed E-state index contributed by atoms with van der Waals surface area (Å²) in [5.74, 6) is -0.207. The van der Waals surface area contributed by atoms with Gasteiger partial charge in [-0.1, -0.05) is 18.2 Å². The molecule has 0 aliphatic carbocycles. The highest BCUT2D eigenvalue weighted by Gasteiger charge is 2.11. The standard InChI is InChI=1S/C16H14N4O/c17-10-11-4-6-12(7-5-11)20-16(21)13-2-1-3-14-15(13)19-9-8-18-14/h1-9H,10,17H2,(H,20,21). The maximum absolute atomic E-state index is 12.4. The van der Waals surface area contributed by atoms with E-state index in [2.05, 4.69) is 15.3 Å². The van der Waals surface area contributed by atoms with Crippen LogP contribution in [0.1, 0.15) is 15.9 Å². The molecule has 1 amide bonds. The summed E-state index contributed by atoms with van der Waals surface area (Å²) in [6.45, 7) is 0.479. The second-order valence-electron chi connectivity index (χ2n) is 4.58. The molecule has 2 aromatic carbocycles. The fraction of sp³-hybridized carbons (Fsp3) is 0.0625. The summed E-state index contributed by atoms with van der Waals surface area (Å²) in [4.78, 5) is 20.8. The fourth-order valence-corrected chi connectivity index (χ4v) is 2.10. The van der Waals surface area contributed by atoms with Crippen LogP contribution < -0.4 is 11.1 Å². The Balaban J connectivity index is 1.90. The number of hydrogen-bond acceptors (Lipinski definition) is 4. The fourth-order valence-electron chi connectivity index (χ4n) is 2.10. The van der Waals surface area contributed by atoms with E-state index in [4.69, 9.17) is 5.73 Å².